The summed E-state index contributed by atoms with van der Waals surface area (Å²) >= 11 is 0. The summed E-state index contributed by atoms with van der Waals surface area (Å²) in [6, 6.07) is 8.56. The van der Waals surface area contributed by atoms with E-state index in [-0.39, 0.29) is 11.9 Å². The van der Waals surface area contributed by atoms with E-state index in [0.29, 0.717) is 23.7 Å². The van der Waals surface area contributed by atoms with Gasteiger partial charge < -0.3 is 14.6 Å². The molecule has 0 radical (unpaired) electrons. The molecule has 1 N–H and O–H groups in total. The predicted molar refractivity (Wildman–Crippen MR) is 77.4 cm³/mol. The quantitative estimate of drug-likeness (QED) is 0.857. The number of nitrogens with one attached hydrogen (secondary N) is 1. The summed E-state index contributed by atoms with van der Waals surface area (Å²) in [6.45, 7) is 0.353. The molecule has 1 amide bonds. The average Bonchev–Trinajstić information content (AvgIpc) is 3.29. The standard InChI is InChI=1S/C16H16N2O4/c1-21-16(20)12-4-2-10(3-5-12)9-17-15(19)13-8-14(22-18-13)11-6-7-11/h2-5,8,11H,6-7,9H2,1H3,(H,17,19). The number of esters is 1. The topological polar surface area (TPSA) is 81.4 Å². The highest BCUT2D eigenvalue weighted by molar-refractivity contribution is 5.92. The normalized spacial score (nSPS) is 13.7. The van der Waals surface area contributed by atoms with E-state index < -0.39 is 0 Å². The van der Waals surface area contributed by atoms with Gasteiger partial charge in [0.2, 0.25) is 0 Å². The number of benzene rings is 1. The number of hydrogen-bond donors (Lipinski definition) is 1. The van der Waals surface area contributed by atoms with Crippen molar-refractivity contribution in [3.63, 3.8) is 0 Å². The molecule has 1 heterocycles. The van der Waals surface area contributed by atoms with Gasteiger partial charge in [-0.15, -0.1) is 0 Å². The third-order valence-electron chi connectivity index (χ3n) is 3.57. The zero-order valence-electron chi connectivity index (χ0n) is 12.2. The Kier molecular flexibility index (Phi) is 3.91. The summed E-state index contributed by atoms with van der Waals surface area (Å²) in [7, 11) is 1.34. The van der Waals surface area contributed by atoms with Crippen molar-refractivity contribution in [3.8, 4) is 0 Å². The van der Waals surface area contributed by atoms with Crippen molar-refractivity contribution < 1.29 is 18.8 Å². The van der Waals surface area contributed by atoms with Crippen molar-refractivity contribution in [3.05, 3.63) is 52.9 Å². The number of ether oxygens (including phenoxy) is 1. The van der Waals surface area contributed by atoms with Crippen LogP contribution >= 0.6 is 0 Å². The number of methoxy groups -OCH3 is 1. The van der Waals surface area contributed by atoms with E-state index in [1.54, 1.807) is 30.3 Å². The van der Waals surface area contributed by atoms with Crippen LogP contribution in [-0.2, 0) is 11.3 Å². The molecule has 6 heteroatoms. The number of aromatic nitrogens is 1. The number of amides is 1. The zero-order chi connectivity index (χ0) is 15.5. The molecule has 22 heavy (non-hydrogen) atoms. The lowest BCUT2D eigenvalue weighted by atomic mass is 10.1. The van der Waals surface area contributed by atoms with Gasteiger partial charge in [-0.2, -0.15) is 0 Å². The second-order valence-electron chi connectivity index (χ2n) is 5.26. The summed E-state index contributed by atoms with van der Waals surface area (Å²) in [4.78, 5) is 23.3. The largest absolute Gasteiger partial charge is 0.465 e. The van der Waals surface area contributed by atoms with Crippen molar-refractivity contribution in [2.75, 3.05) is 7.11 Å². The van der Waals surface area contributed by atoms with Crippen molar-refractivity contribution in [1.29, 1.82) is 0 Å². The fourth-order valence-corrected chi connectivity index (χ4v) is 2.11. The van der Waals surface area contributed by atoms with Crippen LogP contribution in [-0.4, -0.2) is 24.1 Å². The van der Waals surface area contributed by atoms with Crippen LogP contribution < -0.4 is 5.32 Å². The van der Waals surface area contributed by atoms with Crippen LogP contribution in [0.5, 0.6) is 0 Å². The third-order valence-corrected chi connectivity index (χ3v) is 3.57. The molecular weight excluding hydrogens is 284 g/mol. The molecule has 2 aromatic rings. The van der Waals surface area contributed by atoms with Gasteiger partial charge in [0.15, 0.2) is 5.69 Å². The molecule has 0 spiro atoms. The maximum absolute atomic E-state index is 12.0. The Labute approximate surface area is 127 Å². The minimum Gasteiger partial charge on any atom is -0.465 e. The third kappa shape index (κ3) is 3.16. The van der Waals surface area contributed by atoms with E-state index in [1.165, 1.54) is 7.11 Å². The highest BCUT2D eigenvalue weighted by Crippen LogP contribution is 2.40. The SMILES string of the molecule is COC(=O)c1ccc(CNC(=O)c2cc(C3CC3)on2)cc1. The van der Waals surface area contributed by atoms with E-state index in [1.807, 2.05) is 0 Å². The van der Waals surface area contributed by atoms with Gasteiger partial charge in [-0.3, -0.25) is 4.79 Å². The number of carbonyl (C=O) groups is 2. The smallest absolute Gasteiger partial charge is 0.337 e. The van der Waals surface area contributed by atoms with Crippen molar-refractivity contribution in [2.24, 2.45) is 0 Å². The molecule has 114 valence electrons. The molecule has 0 bridgehead atoms. The lowest BCUT2D eigenvalue weighted by molar-refractivity contribution is 0.0600. The Morgan fingerprint density at radius 3 is 2.68 bits per heavy atom. The van der Waals surface area contributed by atoms with Gasteiger partial charge in [0.05, 0.1) is 12.7 Å². The maximum atomic E-state index is 12.0. The first-order valence-corrected chi connectivity index (χ1v) is 7.09. The fraction of sp³-hybridized carbons (Fsp3) is 0.312. The van der Waals surface area contributed by atoms with Crippen LogP contribution in [0, 0.1) is 0 Å². The Hall–Kier alpha value is -2.63. The monoisotopic (exact) mass is 300 g/mol. The van der Waals surface area contributed by atoms with Gasteiger partial charge in [-0.05, 0) is 30.5 Å². The van der Waals surface area contributed by atoms with Crippen molar-refractivity contribution in [1.82, 2.24) is 10.5 Å². The summed E-state index contributed by atoms with van der Waals surface area (Å²) < 4.78 is 9.79. The highest BCUT2D eigenvalue weighted by Gasteiger charge is 2.28. The van der Waals surface area contributed by atoms with Gasteiger partial charge in [0.25, 0.3) is 5.91 Å². The van der Waals surface area contributed by atoms with Gasteiger partial charge in [-0.25, -0.2) is 4.79 Å². The highest BCUT2D eigenvalue weighted by atomic mass is 16.5. The molecule has 1 aromatic heterocycles. The Morgan fingerprint density at radius 2 is 2.05 bits per heavy atom. The van der Waals surface area contributed by atoms with E-state index >= 15 is 0 Å². The second-order valence-corrected chi connectivity index (χ2v) is 5.26. The van der Waals surface area contributed by atoms with Crippen LogP contribution in [0.2, 0.25) is 0 Å². The summed E-state index contributed by atoms with van der Waals surface area (Å²) in [6.07, 6.45) is 2.20. The van der Waals surface area contributed by atoms with Crippen LogP contribution in [0.4, 0.5) is 0 Å². The zero-order valence-corrected chi connectivity index (χ0v) is 12.2. The lowest BCUT2D eigenvalue weighted by Gasteiger charge is -2.04. The van der Waals surface area contributed by atoms with Gasteiger partial charge in [0.1, 0.15) is 5.76 Å². The molecule has 1 aliphatic carbocycles. The molecule has 1 fully saturated rings. The molecule has 0 saturated heterocycles. The number of carbonyl (C=O) groups excluding carboxylic acids is 2. The predicted octanol–water partition coefficient (Wildman–Crippen LogP) is 2.27. The van der Waals surface area contributed by atoms with Crippen LogP contribution in [0.25, 0.3) is 0 Å². The molecule has 0 atom stereocenters. The van der Waals surface area contributed by atoms with Crippen LogP contribution in [0.1, 0.15) is 50.9 Å². The Balaban J connectivity index is 1.56. The van der Waals surface area contributed by atoms with E-state index in [9.17, 15) is 9.59 Å². The summed E-state index contributed by atoms with van der Waals surface area (Å²) in [5.41, 5.74) is 1.66. The second kappa shape index (κ2) is 6.01. The first-order valence-electron chi connectivity index (χ1n) is 7.09. The number of nitrogens with zero attached hydrogens (tertiary/aromatic N) is 1. The van der Waals surface area contributed by atoms with Gasteiger partial charge in [0, 0.05) is 18.5 Å². The molecule has 1 aromatic carbocycles. The molecule has 1 saturated carbocycles. The maximum Gasteiger partial charge on any atom is 0.337 e. The van der Waals surface area contributed by atoms with Crippen LogP contribution in [0.3, 0.4) is 0 Å². The number of hydrogen-bond acceptors (Lipinski definition) is 5. The van der Waals surface area contributed by atoms with Crippen molar-refractivity contribution in [2.45, 2.75) is 25.3 Å². The molecule has 0 unspecified atom stereocenters. The van der Waals surface area contributed by atoms with Crippen molar-refractivity contribution >= 4 is 11.9 Å². The Bertz CT molecular complexity index is 686. The number of rotatable bonds is 5. The summed E-state index contributed by atoms with van der Waals surface area (Å²) in [5.74, 6) is 0.561. The van der Waals surface area contributed by atoms with E-state index in [2.05, 4.69) is 15.2 Å². The molecule has 0 aliphatic heterocycles. The minimum absolute atomic E-state index is 0.271. The first kappa shape index (κ1) is 14.3. The lowest BCUT2D eigenvalue weighted by Crippen LogP contribution is -2.23. The van der Waals surface area contributed by atoms with E-state index in [4.69, 9.17) is 4.52 Å². The summed E-state index contributed by atoms with van der Waals surface area (Å²) in [5, 5.41) is 6.56. The fourth-order valence-electron chi connectivity index (χ4n) is 2.11. The minimum atomic E-state index is -0.384. The Morgan fingerprint density at radius 1 is 1.32 bits per heavy atom. The first-order chi connectivity index (χ1) is 10.7. The van der Waals surface area contributed by atoms with Gasteiger partial charge in [-0.1, -0.05) is 17.3 Å². The van der Waals surface area contributed by atoms with E-state index in [0.717, 1.165) is 24.2 Å². The average molecular weight is 300 g/mol. The van der Waals surface area contributed by atoms with Crippen LogP contribution in [0.15, 0.2) is 34.9 Å². The molecule has 6 nitrogen and oxygen atoms in total. The molecule has 3 rings (SSSR count). The molecular formula is C16H16N2O4. The van der Waals surface area contributed by atoms with Gasteiger partial charge >= 0.3 is 5.97 Å². The molecule has 1 aliphatic rings.